The molecule has 0 heterocycles. The van der Waals surface area contributed by atoms with E-state index in [1.165, 1.54) is 25.7 Å². The molecule has 1 aromatic rings. The molecule has 0 spiro atoms. The Morgan fingerprint density at radius 1 is 1.06 bits per heavy atom. The molecule has 0 aromatic heterocycles. The molecule has 2 aliphatic rings. The van der Waals surface area contributed by atoms with Crippen LogP contribution in [0.5, 0.6) is 0 Å². The highest BCUT2D eigenvalue weighted by Gasteiger charge is 2.54. The third-order valence-electron chi connectivity index (χ3n) is 4.09. The molecule has 0 bridgehead atoms. The van der Waals surface area contributed by atoms with E-state index in [4.69, 9.17) is 11.6 Å². The molecule has 2 fully saturated rings. The summed E-state index contributed by atoms with van der Waals surface area (Å²) in [5.74, 6) is 2.05. The van der Waals surface area contributed by atoms with Crippen LogP contribution in [-0.4, -0.2) is 5.78 Å². The molecule has 0 amide bonds. The van der Waals surface area contributed by atoms with Gasteiger partial charge < -0.3 is 0 Å². The van der Waals surface area contributed by atoms with Gasteiger partial charge in [-0.3, -0.25) is 4.79 Å². The summed E-state index contributed by atoms with van der Waals surface area (Å²) in [4.78, 5) is 12.2. The number of halogens is 1. The molecule has 1 nitrogen and oxygen atoms in total. The Bertz CT molecular complexity index is 397. The van der Waals surface area contributed by atoms with Gasteiger partial charge >= 0.3 is 0 Å². The molecule has 2 saturated carbocycles. The van der Waals surface area contributed by atoms with Gasteiger partial charge in [-0.25, -0.2) is 0 Å². The van der Waals surface area contributed by atoms with Crippen LogP contribution < -0.4 is 0 Å². The summed E-state index contributed by atoms with van der Waals surface area (Å²) < 4.78 is 0. The van der Waals surface area contributed by atoms with Crippen molar-refractivity contribution < 1.29 is 4.79 Å². The Hall–Kier alpha value is -0.820. The Balaban J connectivity index is 1.76. The Morgan fingerprint density at radius 3 is 2.19 bits per heavy atom. The quantitative estimate of drug-likeness (QED) is 0.708. The van der Waals surface area contributed by atoms with Crippen LogP contribution in [-0.2, 0) is 0 Å². The van der Waals surface area contributed by atoms with E-state index in [1.807, 2.05) is 12.1 Å². The van der Waals surface area contributed by atoms with Gasteiger partial charge in [0.25, 0.3) is 0 Å². The molecule has 0 aliphatic heterocycles. The van der Waals surface area contributed by atoms with Gasteiger partial charge in [0.15, 0.2) is 5.78 Å². The largest absolute Gasteiger partial charge is 0.294 e. The topological polar surface area (TPSA) is 17.1 Å². The number of ketones is 1. The molecule has 0 radical (unpaired) electrons. The molecular weight excluding hydrogens is 220 g/mol. The number of hydrogen-bond acceptors (Lipinski definition) is 1. The van der Waals surface area contributed by atoms with Gasteiger partial charge in [-0.05, 0) is 48.9 Å². The molecule has 0 N–H and O–H groups in total. The lowest BCUT2D eigenvalue weighted by Crippen LogP contribution is -2.03. The fraction of sp³-hybridized carbons (Fsp3) is 0.500. The van der Waals surface area contributed by atoms with Gasteiger partial charge in [-0.1, -0.05) is 24.4 Å². The summed E-state index contributed by atoms with van der Waals surface area (Å²) in [5.41, 5.74) is 0.837. The maximum atomic E-state index is 12.2. The fourth-order valence-electron chi connectivity index (χ4n) is 3.19. The van der Waals surface area contributed by atoms with Crippen molar-refractivity contribution >= 4 is 17.4 Å². The van der Waals surface area contributed by atoms with Gasteiger partial charge in [-0.15, -0.1) is 0 Å². The van der Waals surface area contributed by atoms with E-state index >= 15 is 0 Å². The van der Waals surface area contributed by atoms with E-state index in [2.05, 4.69) is 0 Å². The molecule has 3 rings (SSSR count). The van der Waals surface area contributed by atoms with Crippen molar-refractivity contribution in [3.05, 3.63) is 34.9 Å². The van der Waals surface area contributed by atoms with Gasteiger partial charge in [0.05, 0.1) is 0 Å². The molecule has 2 atom stereocenters. The average molecular weight is 235 g/mol. The van der Waals surface area contributed by atoms with E-state index in [0.29, 0.717) is 28.6 Å². The number of carbonyl (C=O) groups is 1. The summed E-state index contributed by atoms with van der Waals surface area (Å²) in [6.07, 6.45) is 5.14. The summed E-state index contributed by atoms with van der Waals surface area (Å²) in [7, 11) is 0. The first kappa shape index (κ1) is 10.3. The minimum atomic E-state index is 0.323. The molecule has 0 saturated heterocycles. The molecule has 2 heteroatoms. The molecule has 2 aliphatic carbocycles. The lowest BCUT2D eigenvalue weighted by Gasteiger charge is -2.04. The lowest BCUT2D eigenvalue weighted by molar-refractivity contribution is 0.0956. The minimum absolute atomic E-state index is 0.323. The van der Waals surface area contributed by atoms with E-state index in [-0.39, 0.29) is 0 Å². The summed E-state index contributed by atoms with van der Waals surface area (Å²) in [5, 5.41) is 0.699. The van der Waals surface area contributed by atoms with Crippen LogP contribution >= 0.6 is 11.6 Å². The first-order valence-corrected chi connectivity index (χ1v) is 6.45. The van der Waals surface area contributed by atoms with Gasteiger partial charge in [-0.2, -0.15) is 0 Å². The van der Waals surface area contributed by atoms with Crippen molar-refractivity contribution in [1.82, 2.24) is 0 Å². The van der Waals surface area contributed by atoms with Crippen LogP contribution in [0.25, 0.3) is 0 Å². The fourth-order valence-corrected chi connectivity index (χ4v) is 3.31. The second-order valence-electron chi connectivity index (χ2n) is 5.01. The van der Waals surface area contributed by atoms with Crippen molar-refractivity contribution in [3.63, 3.8) is 0 Å². The molecule has 1 aromatic carbocycles. The van der Waals surface area contributed by atoms with Crippen LogP contribution in [0.2, 0.25) is 5.02 Å². The molecular formula is C14H15ClO. The normalized spacial score (nSPS) is 31.9. The second-order valence-corrected chi connectivity index (χ2v) is 5.45. The number of hydrogen-bond donors (Lipinski definition) is 0. The van der Waals surface area contributed by atoms with Crippen LogP contribution in [0, 0.1) is 17.8 Å². The highest BCUT2D eigenvalue weighted by Crippen LogP contribution is 2.56. The van der Waals surface area contributed by atoms with Gasteiger partial charge in [0.1, 0.15) is 0 Å². The zero-order valence-corrected chi connectivity index (χ0v) is 9.91. The van der Waals surface area contributed by atoms with E-state index in [0.717, 1.165) is 5.56 Å². The molecule has 84 valence electrons. The summed E-state index contributed by atoms with van der Waals surface area (Å²) in [6, 6.07) is 7.33. The number of fused-ring (bicyclic) bond motifs is 1. The standard InChI is InChI=1S/C14H15ClO/c15-10-7-5-9(6-8-10)14(16)13-11-3-1-2-4-12(11)13/h5-8,11-13H,1-4H2. The monoisotopic (exact) mass is 234 g/mol. The smallest absolute Gasteiger partial charge is 0.166 e. The Morgan fingerprint density at radius 2 is 1.62 bits per heavy atom. The van der Waals surface area contributed by atoms with Crippen LogP contribution in [0.3, 0.4) is 0 Å². The number of benzene rings is 1. The first-order chi connectivity index (χ1) is 7.77. The third kappa shape index (κ3) is 1.67. The number of rotatable bonds is 2. The van der Waals surface area contributed by atoms with Crippen molar-refractivity contribution in [2.24, 2.45) is 17.8 Å². The summed E-state index contributed by atoms with van der Waals surface area (Å²) in [6.45, 7) is 0. The van der Waals surface area contributed by atoms with Crippen molar-refractivity contribution in [2.75, 3.05) is 0 Å². The van der Waals surface area contributed by atoms with E-state index in [1.54, 1.807) is 12.1 Å². The third-order valence-corrected chi connectivity index (χ3v) is 4.34. The van der Waals surface area contributed by atoms with Crippen LogP contribution in [0.1, 0.15) is 36.0 Å². The zero-order chi connectivity index (χ0) is 11.1. The minimum Gasteiger partial charge on any atom is -0.294 e. The molecule has 16 heavy (non-hydrogen) atoms. The number of carbonyl (C=O) groups excluding carboxylic acids is 1. The Kier molecular flexibility index (Phi) is 2.51. The van der Waals surface area contributed by atoms with Gasteiger partial charge in [0, 0.05) is 16.5 Å². The number of Topliss-reactive ketones (excluding diaryl/α,β-unsaturated/α-hetero) is 1. The zero-order valence-electron chi connectivity index (χ0n) is 9.16. The van der Waals surface area contributed by atoms with E-state index < -0.39 is 0 Å². The molecule has 2 unspecified atom stereocenters. The van der Waals surface area contributed by atoms with Crippen molar-refractivity contribution in [2.45, 2.75) is 25.7 Å². The van der Waals surface area contributed by atoms with Crippen LogP contribution in [0.4, 0.5) is 0 Å². The highest BCUT2D eigenvalue weighted by molar-refractivity contribution is 6.30. The van der Waals surface area contributed by atoms with E-state index in [9.17, 15) is 4.79 Å². The predicted octanol–water partition coefficient (Wildman–Crippen LogP) is 3.96. The SMILES string of the molecule is O=C(c1ccc(Cl)cc1)C1C2CCCCC21. The first-order valence-electron chi connectivity index (χ1n) is 6.07. The van der Waals surface area contributed by atoms with Crippen molar-refractivity contribution in [3.8, 4) is 0 Å². The average Bonchev–Trinajstić information content (AvgIpc) is 3.03. The maximum Gasteiger partial charge on any atom is 0.166 e. The maximum absolute atomic E-state index is 12.2. The van der Waals surface area contributed by atoms with Crippen molar-refractivity contribution in [1.29, 1.82) is 0 Å². The highest BCUT2D eigenvalue weighted by atomic mass is 35.5. The predicted molar refractivity (Wildman–Crippen MR) is 64.7 cm³/mol. The summed E-state index contributed by atoms with van der Waals surface area (Å²) >= 11 is 5.82. The Labute approximate surface area is 101 Å². The van der Waals surface area contributed by atoms with Gasteiger partial charge in [0.2, 0.25) is 0 Å². The second kappa shape index (κ2) is 3.89. The van der Waals surface area contributed by atoms with Crippen LogP contribution in [0.15, 0.2) is 24.3 Å². The lowest BCUT2D eigenvalue weighted by atomic mass is 10.0.